The summed E-state index contributed by atoms with van der Waals surface area (Å²) in [6.45, 7) is 14.3. The van der Waals surface area contributed by atoms with Crippen LogP contribution in [0.25, 0.3) is 21.9 Å². The van der Waals surface area contributed by atoms with Crippen molar-refractivity contribution < 1.29 is 27.9 Å². The highest BCUT2D eigenvalue weighted by Gasteiger charge is 2.21. The van der Waals surface area contributed by atoms with Gasteiger partial charge in [0.1, 0.15) is 35.5 Å². The number of halogens is 1. The van der Waals surface area contributed by atoms with E-state index in [9.17, 15) is 19.2 Å². The van der Waals surface area contributed by atoms with Gasteiger partial charge in [-0.05, 0) is 51.3 Å². The Balaban J connectivity index is 0.00000507. The van der Waals surface area contributed by atoms with Crippen molar-refractivity contribution in [3.8, 4) is 0 Å². The number of fused-ring (bicyclic) bond motifs is 2. The maximum Gasteiger partial charge on any atom is 0.351 e. The fourth-order valence-electron chi connectivity index (χ4n) is 4.10. The molecule has 0 aliphatic heterocycles. The van der Waals surface area contributed by atoms with Crippen molar-refractivity contribution >= 4 is 46.3 Å². The highest BCUT2D eigenvalue weighted by molar-refractivity contribution is 6.01. The van der Waals surface area contributed by atoms with Crippen LogP contribution in [0, 0.1) is 6.92 Å². The second kappa shape index (κ2) is 14.1. The smallest absolute Gasteiger partial charge is 0.351 e. The van der Waals surface area contributed by atoms with Crippen LogP contribution in [0.3, 0.4) is 0 Å². The molecule has 208 valence electrons. The van der Waals surface area contributed by atoms with Crippen LogP contribution in [0.1, 0.15) is 54.0 Å². The van der Waals surface area contributed by atoms with Crippen molar-refractivity contribution in [1.82, 2.24) is 9.80 Å². The molecule has 0 saturated heterocycles. The van der Waals surface area contributed by atoms with E-state index in [0.29, 0.717) is 29.4 Å². The third kappa shape index (κ3) is 7.00. The van der Waals surface area contributed by atoms with E-state index in [-0.39, 0.29) is 47.9 Å². The van der Waals surface area contributed by atoms with Gasteiger partial charge in [-0.15, -0.1) is 12.4 Å². The number of benzene rings is 1. The summed E-state index contributed by atoms with van der Waals surface area (Å²) in [4.78, 5) is 54.4. The van der Waals surface area contributed by atoms with Gasteiger partial charge in [0.25, 0.3) is 0 Å². The number of aryl methyl sites for hydroxylation is 1. The fourth-order valence-corrected chi connectivity index (χ4v) is 4.10. The molecule has 3 rings (SSSR count). The number of rotatable bonds is 12. The molecule has 2 heterocycles. The number of likely N-dealkylation sites (N-methyl/N-ethyl adjacent to an activating group) is 2. The normalized spacial score (nSPS) is 11.2. The highest BCUT2D eigenvalue weighted by Crippen LogP contribution is 2.27. The third-order valence-electron chi connectivity index (χ3n) is 6.46. The van der Waals surface area contributed by atoms with Gasteiger partial charge in [-0.1, -0.05) is 27.7 Å². The Morgan fingerprint density at radius 2 is 1.08 bits per heavy atom. The molecular formula is C27H35ClN2O8. The predicted octanol–water partition coefficient (Wildman–Crippen LogP) is 3.63. The first-order valence-corrected chi connectivity index (χ1v) is 12.6. The number of ether oxygens (including phenoxy) is 2. The van der Waals surface area contributed by atoms with Crippen molar-refractivity contribution in [2.45, 2.75) is 34.6 Å². The van der Waals surface area contributed by atoms with Crippen LogP contribution >= 0.6 is 12.4 Å². The van der Waals surface area contributed by atoms with Gasteiger partial charge in [-0.25, -0.2) is 19.2 Å². The molecule has 0 N–H and O–H groups in total. The summed E-state index contributed by atoms with van der Waals surface area (Å²) in [6, 6.07) is 4.37. The van der Waals surface area contributed by atoms with Gasteiger partial charge in [0.05, 0.1) is 0 Å². The van der Waals surface area contributed by atoms with Crippen molar-refractivity contribution in [1.29, 1.82) is 0 Å². The lowest BCUT2D eigenvalue weighted by atomic mass is 10.0. The summed E-state index contributed by atoms with van der Waals surface area (Å²) in [6.07, 6.45) is 0. The van der Waals surface area contributed by atoms with E-state index in [0.717, 1.165) is 26.2 Å². The maximum atomic E-state index is 12.6. The van der Waals surface area contributed by atoms with Gasteiger partial charge >= 0.3 is 23.2 Å². The number of hydrogen-bond donors (Lipinski definition) is 0. The van der Waals surface area contributed by atoms with Crippen molar-refractivity contribution in [2.24, 2.45) is 0 Å². The van der Waals surface area contributed by atoms with Crippen molar-refractivity contribution in [3.05, 3.63) is 55.7 Å². The number of nitrogens with zero attached hydrogens (tertiary/aromatic N) is 2. The molecule has 0 unspecified atom stereocenters. The first-order valence-electron chi connectivity index (χ1n) is 12.6. The molecule has 11 heteroatoms. The van der Waals surface area contributed by atoms with E-state index >= 15 is 0 Å². The largest absolute Gasteiger partial charge is 0.461 e. The van der Waals surface area contributed by atoms with Crippen LogP contribution in [0.4, 0.5) is 0 Å². The van der Waals surface area contributed by atoms with Crippen LogP contribution in [0.2, 0.25) is 0 Å². The van der Waals surface area contributed by atoms with E-state index in [1.807, 2.05) is 27.7 Å². The molecule has 0 aliphatic rings. The first kappa shape index (κ1) is 31.0. The average molecular weight is 551 g/mol. The highest BCUT2D eigenvalue weighted by atomic mass is 35.5. The molecule has 10 nitrogen and oxygen atoms in total. The van der Waals surface area contributed by atoms with Gasteiger partial charge in [0.15, 0.2) is 0 Å². The zero-order chi connectivity index (χ0) is 27.1. The molecular weight excluding hydrogens is 516 g/mol. The minimum atomic E-state index is -0.849. The lowest BCUT2D eigenvalue weighted by Gasteiger charge is -2.17. The van der Waals surface area contributed by atoms with Gasteiger partial charge in [0, 0.05) is 29.4 Å². The summed E-state index contributed by atoms with van der Waals surface area (Å²) < 4.78 is 21.4. The minimum Gasteiger partial charge on any atom is -0.461 e. The molecule has 0 fully saturated rings. The van der Waals surface area contributed by atoms with E-state index in [2.05, 4.69) is 9.80 Å². The summed E-state index contributed by atoms with van der Waals surface area (Å²) in [5.41, 5.74) is -1.43. The topological polar surface area (TPSA) is 120 Å². The Kier molecular flexibility index (Phi) is 11.5. The van der Waals surface area contributed by atoms with Crippen molar-refractivity contribution in [2.75, 3.05) is 52.5 Å². The lowest BCUT2D eigenvalue weighted by molar-refractivity contribution is 0.0453. The monoisotopic (exact) mass is 550 g/mol. The summed E-state index contributed by atoms with van der Waals surface area (Å²) >= 11 is 0. The quantitative estimate of drug-likeness (QED) is 0.188. The fraction of sp³-hybridized carbons (Fsp3) is 0.481. The van der Waals surface area contributed by atoms with E-state index in [1.54, 1.807) is 13.0 Å². The molecule has 0 saturated carbocycles. The molecule has 1 aromatic carbocycles. The van der Waals surface area contributed by atoms with Gasteiger partial charge in [0.2, 0.25) is 0 Å². The zero-order valence-corrected chi connectivity index (χ0v) is 23.3. The molecule has 38 heavy (non-hydrogen) atoms. The Labute approximate surface area is 226 Å². The number of hydrogen-bond acceptors (Lipinski definition) is 10. The van der Waals surface area contributed by atoms with Crippen molar-refractivity contribution in [3.63, 3.8) is 0 Å². The molecule has 0 amide bonds. The average Bonchev–Trinajstić information content (AvgIpc) is 2.89. The van der Waals surface area contributed by atoms with Gasteiger partial charge in [-0.3, -0.25) is 0 Å². The summed E-state index contributed by atoms with van der Waals surface area (Å²) in [7, 11) is 0. The van der Waals surface area contributed by atoms with Crippen LogP contribution in [-0.4, -0.2) is 74.2 Å². The minimum absolute atomic E-state index is 0. The maximum absolute atomic E-state index is 12.6. The van der Waals surface area contributed by atoms with Crippen LogP contribution in [0.15, 0.2) is 36.6 Å². The second-order valence-corrected chi connectivity index (χ2v) is 8.56. The first-order chi connectivity index (χ1) is 17.7. The standard InChI is InChI=1S/C27H34N2O8.ClH/c1-6-28(7-2)10-12-34-24(30)20-15-18-14-19-16-21(25(31)35-13-11-29(8-3)9-4)27(33)37-23(19)17(5)22(18)36-26(20)32;/h14-16H,6-13H2,1-5H3;1H. The van der Waals surface area contributed by atoms with Gasteiger partial charge in [-0.2, -0.15) is 0 Å². The number of esters is 2. The van der Waals surface area contributed by atoms with Crippen LogP contribution in [0.5, 0.6) is 0 Å². The molecule has 2 aromatic heterocycles. The van der Waals surface area contributed by atoms with Crippen LogP contribution < -0.4 is 11.3 Å². The Morgan fingerprint density at radius 3 is 1.42 bits per heavy atom. The Bertz CT molecular complexity index is 1290. The molecule has 0 aliphatic carbocycles. The zero-order valence-electron chi connectivity index (χ0n) is 22.5. The Hall–Kier alpha value is -3.21. The molecule has 0 spiro atoms. The van der Waals surface area contributed by atoms with Gasteiger partial charge < -0.3 is 28.1 Å². The molecule has 0 radical (unpaired) electrons. The van der Waals surface area contributed by atoms with Crippen LogP contribution in [-0.2, 0) is 9.47 Å². The molecule has 0 atom stereocenters. The SMILES string of the molecule is CCN(CC)CCOC(=O)c1cc2cc3cc(C(=O)OCCN(CC)CC)c(=O)oc3c(C)c2oc1=O.Cl. The van der Waals surface area contributed by atoms with E-state index in [1.165, 1.54) is 12.1 Å². The third-order valence-corrected chi connectivity index (χ3v) is 6.46. The lowest BCUT2D eigenvalue weighted by Crippen LogP contribution is -2.28. The van der Waals surface area contributed by atoms with E-state index in [4.69, 9.17) is 18.3 Å². The predicted molar refractivity (Wildman–Crippen MR) is 147 cm³/mol. The molecule has 3 aromatic rings. The summed E-state index contributed by atoms with van der Waals surface area (Å²) in [5, 5.41) is 0.852. The number of carbonyl (C=O) groups excluding carboxylic acids is 2. The van der Waals surface area contributed by atoms with E-state index < -0.39 is 23.2 Å². The molecule has 0 bridgehead atoms. The number of carbonyl (C=O) groups is 2. The Morgan fingerprint density at radius 1 is 0.711 bits per heavy atom. The summed E-state index contributed by atoms with van der Waals surface area (Å²) in [5.74, 6) is -1.56. The second-order valence-electron chi connectivity index (χ2n) is 8.56.